The fourth-order valence-corrected chi connectivity index (χ4v) is 9.80. The lowest BCUT2D eigenvalue weighted by Crippen LogP contribution is -2.60. The van der Waals surface area contributed by atoms with Gasteiger partial charge < -0.3 is 55.7 Å². The Hall–Kier alpha value is -8.72. The van der Waals surface area contributed by atoms with Crippen molar-refractivity contribution in [2.45, 2.75) is 146 Å². The van der Waals surface area contributed by atoms with Gasteiger partial charge in [-0.3, -0.25) is 48.3 Å². The van der Waals surface area contributed by atoms with E-state index in [0.29, 0.717) is 59.0 Å². The summed E-state index contributed by atoms with van der Waals surface area (Å²) in [5.41, 5.74) is 3.98. The van der Waals surface area contributed by atoms with E-state index in [1.54, 1.807) is 90.1 Å². The number of nitrogens with two attached hydrogens (primary N) is 1. The van der Waals surface area contributed by atoms with E-state index in [-0.39, 0.29) is 63.1 Å². The number of carbonyl (C=O) groups is 8. The van der Waals surface area contributed by atoms with E-state index < -0.39 is 133 Å². The molecule has 0 radical (unpaired) electrons. The Balaban J connectivity index is 1.02. The van der Waals surface area contributed by atoms with Gasteiger partial charge in [0.15, 0.2) is 0 Å². The van der Waals surface area contributed by atoms with Crippen molar-refractivity contribution < 1.29 is 74.9 Å². The summed E-state index contributed by atoms with van der Waals surface area (Å²) >= 11 is 0. The molecular formula is C60H73F4N11O12. The number of hydrogen-bond donors (Lipinski definition) is 5. The third-order valence-electron chi connectivity index (χ3n) is 14.0. The van der Waals surface area contributed by atoms with Gasteiger partial charge in [0.25, 0.3) is 23.7 Å². The third-order valence-corrected chi connectivity index (χ3v) is 14.0. The number of amides is 6. The Morgan fingerprint density at radius 2 is 1.11 bits per heavy atom. The molecule has 2 aliphatic rings. The van der Waals surface area contributed by atoms with Crippen LogP contribution < -0.4 is 36.5 Å². The highest BCUT2D eigenvalue weighted by molar-refractivity contribution is 6.08. The summed E-state index contributed by atoms with van der Waals surface area (Å²) in [5, 5.41) is 29.8. The molecule has 1 unspecified atom stereocenters. The number of nitrogens with one attached hydrogen (secondary N) is 4. The first-order valence-corrected chi connectivity index (χ1v) is 28.4. The van der Waals surface area contributed by atoms with Crippen LogP contribution in [0.25, 0.3) is 21.8 Å². The quantitative estimate of drug-likeness (QED) is 0.0277. The number of carbonyl (C=O) groups excluding carboxylic acids is 8. The van der Waals surface area contributed by atoms with Gasteiger partial charge in [0, 0.05) is 61.9 Å². The van der Waals surface area contributed by atoms with E-state index >= 15 is 0 Å². The summed E-state index contributed by atoms with van der Waals surface area (Å²) in [7, 11) is 0. The number of nitrogens with zero attached hydrogens (tertiary/aromatic N) is 6. The third kappa shape index (κ3) is 19.4. The second-order valence-electron chi connectivity index (χ2n) is 23.4. The van der Waals surface area contributed by atoms with Crippen molar-refractivity contribution >= 4 is 69.2 Å². The number of ether oxygens (including phenoxy) is 4. The van der Waals surface area contributed by atoms with Crippen LogP contribution in [0.1, 0.15) is 126 Å². The second-order valence-corrected chi connectivity index (χ2v) is 23.4. The molecule has 0 spiro atoms. The molecule has 2 aromatic heterocycles. The molecule has 2 aromatic carbocycles. The molecule has 2 fully saturated rings. The molecule has 87 heavy (non-hydrogen) atoms. The Morgan fingerprint density at radius 3 is 1.56 bits per heavy atom. The second kappa shape index (κ2) is 29.1. The first-order valence-electron chi connectivity index (χ1n) is 28.4. The maximum atomic E-state index is 14.3. The SMILES string of the molecule is CC(C)(C)OC(=O)CCC(N)(C(=O)OC(C)(C)C)[C@H](CCC(=O)NCCCCOc1ccc2nccc(C(=O)NCC(=O)N3CC(F)(F)C[C@H]3C#N)c2c1)C(=O)NCCCCOc1ccc2nccc(C(=O)NCC(=O)N3CC(F)(F)C[C@H]3C#N)c2c1. The van der Waals surface area contributed by atoms with Crippen molar-refractivity contribution in [3.8, 4) is 23.6 Å². The van der Waals surface area contributed by atoms with Crippen molar-refractivity contribution in [1.29, 1.82) is 10.5 Å². The zero-order valence-corrected chi connectivity index (χ0v) is 49.4. The molecule has 4 aromatic rings. The van der Waals surface area contributed by atoms with Gasteiger partial charge in [0.2, 0.25) is 23.6 Å². The van der Waals surface area contributed by atoms with Crippen molar-refractivity contribution in [2.24, 2.45) is 11.7 Å². The fourth-order valence-electron chi connectivity index (χ4n) is 9.80. The number of pyridine rings is 2. The van der Waals surface area contributed by atoms with Crippen molar-refractivity contribution in [3.63, 3.8) is 0 Å². The van der Waals surface area contributed by atoms with Gasteiger partial charge in [-0.15, -0.1) is 0 Å². The summed E-state index contributed by atoms with van der Waals surface area (Å²) in [6, 6.07) is 13.3. The van der Waals surface area contributed by atoms with E-state index in [1.807, 2.05) is 0 Å². The van der Waals surface area contributed by atoms with E-state index in [2.05, 4.69) is 31.2 Å². The van der Waals surface area contributed by atoms with Crippen molar-refractivity contribution in [3.05, 3.63) is 72.1 Å². The minimum atomic E-state index is -3.22. The van der Waals surface area contributed by atoms with E-state index in [4.69, 9.17) is 24.7 Å². The standard InChI is InChI=1S/C60H73F4N11O12/c1-56(2,3)86-51(79)17-20-60(67,55(83)87-57(4,5)6)45(54(82)71-22-8-10-26-85-40-12-15-47-44(28-40)42(19-24-69-47)53(81)73-34-50(78)75-36-59(63,64)30-38(75)32-66)13-16-48(76)70-21-7-9-25-84-39-11-14-46-43(27-39)41(18-23-68-46)52(80)72-33-49(77)74-35-58(61,62)29-37(74)31-65/h11-12,14-15,18-19,23-24,27-28,37-38,45H,7-10,13,16-17,20-22,25-26,29-30,33-36,67H2,1-6H3,(H,70,76)(H,71,82)(H,72,80)(H,73,81)/t37-,38-,45+,60?/m0/s1. The van der Waals surface area contributed by atoms with Crippen LogP contribution in [0, 0.1) is 28.6 Å². The number of unbranched alkanes of at least 4 members (excludes halogenated alkanes) is 2. The number of fused-ring (bicyclic) bond motifs is 2. The number of likely N-dealkylation sites (tertiary alicyclic amines) is 2. The van der Waals surface area contributed by atoms with Crippen LogP contribution >= 0.6 is 0 Å². The van der Waals surface area contributed by atoms with Crippen LogP contribution in [-0.2, 0) is 38.2 Å². The van der Waals surface area contributed by atoms with Crippen LogP contribution in [0.2, 0.25) is 0 Å². The van der Waals surface area contributed by atoms with Crippen molar-refractivity contribution in [2.75, 3.05) is 52.5 Å². The first kappa shape index (κ1) is 67.4. The van der Waals surface area contributed by atoms with Gasteiger partial charge in [0.05, 0.1) is 79.6 Å². The molecule has 0 aliphatic carbocycles. The molecule has 4 atom stereocenters. The maximum absolute atomic E-state index is 14.3. The van der Waals surface area contributed by atoms with Gasteiger partial charge in [-0.25, -0.2) is 17.6 Å². The lowest BCUT2D eigenvalue weighted by atomic mass is 9.77. The number of alkyl halides is 4. The predicted octanol–water partition coefficient (Wildman–Crippen LogP) is 5.57. The monoisotopic (exact) mass is 1220 g/mol. The van der Waals surface area contributed by atoms with Crippen LogP contribution in [0.15, 0.2) is 60.9 Å². The van der Waals surface area contributed by atoms with E-state index in [9.17, 15) is 66.4 Å². The average molecular weight is 1220 g/mol. The topological polar surface area (TPSA) is 327 Å². The van der Waals surface area contributed by atoms with E-state index in [1.165, 1.54) is 24.5 Å². The molecule has 6 amide bonds. The van der Waals surface area contributed by atoms with Gasteiger partial charge >= 0.3 is 11.9 Å². The van der Waals surface area contributed by atoms with Gasteiger partial charge in [-0.1, -0.05) is 0 Å². The Labute approximate surface area is 500 Å². The van der Waals surface area contributed by atoms with Crippen LogP contribution in [0.5, 0.6) is 11.5 Å². The number of hydrogen-bond acceptors (Lipinski definition) is 17. The lowest BCUT2D eigenvalue weighted by molar-refractivity contribution is -0.168. The average Bonchev–Trinajstić information content (AvgIpc) is 2.07. The summed E-state index contributed by atoms with van der Waals surface area (Å²) in [5.74, 6) is -12.9. The Kier molecular flexibility index (Phi) is 22.6. The van der Waals surface area contributed by atoms with Gasteiger partial charge in [0.1, 0.15) is 40.3 Å². The van der Waals surface area contributed by atoms with E-state index in [0.717, 1.165) is 9.80 Å². The minimum Gasteiger partial charge on any atom is -0.494 e. The lowest BCUT2D eigenvalue weighted by Gasteiger charge is -2.37. The maximum Gasteiger partial charge on any atom is 0.327 e. The summed E-state index contributed by atoms with van der Waals surface area (Å²) in [6.07, 6.45) is 1.64. The molecule has 0 saturated carbocycles. The highest BCUT2D eigenvalue weighted by Crippen LogP contribution is 2.34. The first-order chi connectivity index (χ1) is 40.9. The van der Waals surface area contributed by atoms with Crippen LogP contribution in [0.3, 0.4) is 0 Å². The normalized spacial score (nSPS) is 17.2. The summed E-state index contributed by atoms with van der Waals surface area (Å²) in [6.45, 7) is 7.38. The minimum absolute atomic E-state index is 0.0742. The number of aromatic nitrogens is 2. The van der Waals surface area contributed by atoms with Gasteiger partial charge in [-0.05, 0) is 129 Å². The molecule has 2 saturated heterocycles. The molecule has 27 heteroatoms. The summed E-state index contributed by atoms with van der Waals surface area (Å²) < 4.78 is 78.9. The number of halogens is 4. The fraction of sp³-hybridized carbons (Fsp3) is 0.533. The molecular weight excluding hydrogens is 1140 g/mol. The molecule has 23 nitrogen and oxygen atoms in total. The number of benzene rings is 2. The molecule has 2 aliphatic heterocycles. The number of esters is 2. The number of nitriles is 2. The molecule has 6 N–H and O–H groups in total. The largest absolute Gasteiger partial charge is 0.494 e. The molecule has 468 valence electrons. The van der Waals surface area contributed by atoms with Crippen LogP contribution in [0.4, 0.5) is 17.6 Å². The molecule has 6 rings (SSSR count). The summed E-state index contributed by atoms with van der Waals surface area (Å²) in [4.78, 5) is 117. The Bertz CT molecular complexity index is 3290. The van der Waals surface area contributed by atoms with Crippen LogP contribution in [-0.4, -0.2) is 160 Å². The zero-order valence-electron chi connectivity index (χ0n) is 49.4. The number of rotatable bonds is 27. The van der Waals surface area contributed by atoms with Crippen molar-refractivity contribution in [1.82, 2.24) is 41.0 Å². The smallest absolute Gasteiger partial charge is 0.327 e. The zero-order chi connectivity index (χ0) is 63.9. The predicted molar refractivity (Wildman–Crippen MR) is 306 cm³/mol. The Morgan fingerprint density at radius 1 is 0.655 bits per heavy atom. The molecule has 0 bridgehead atoms. The molecule has 4 heterocycles. The highest BCUT2D eigenvalue weighted by atomic mass is 19.3. The van der Waals surface area contributed by atoms with Gasteiger partial charge in [-0.2, -0.15) is 10.5 Å². The highest BCUT2D eigenvalue weighted by Gasteiger charge is 2.50.